The number of nitrogens with zero attached hydrogens (tertiary/aromatic N) is 3. The number of halogens is 1. The molecule has 0 aliphatic heterocycles. The van der Waals surface area contributed by atoms with Crippen molar-refractivity contribution in [3.63, 3.8) is 0 Å². The van der Waals surface area contributed by atoms with Gasteiger partial charge < -0.3 is 5.32 Å². The van der Waals surface area contributed by atoms with E-state index < -0.39 is 10.0 Å². The maximum atomic E-state index is 12.5. The van der Waals surface area contributed by atoms with Gasteiger partial charge in [0.05, 0.1) is 10.6 Å². The lowest BCUT2D eigenvalue weighted by Crippen LogP contribution is -2.30. The third-order valence-corrected chi connectivity index (χ3v) is 7.48. The Kier molecular flexibility index (Phi) is 6.74. The number of carbonyl (C=O) groups is 1. The zero-order chi connectivity index (χ0) is 21.0. The van der Waals surface area contributed by atoms with Gasteiger partial charge in [-0.25, -0.2) is 13.4 Å². The first-order valence-corrected chi connectivity index (χ1v) is 11.7. The van der Waals surface area contributed by atoms with Gasteiger partial charge in [0.25, 0.3) is 0 Å². The quantitative estimate of drug-likeness (QED) is 0.531. The molecule has 0 radical (unpaired) electrons. The molecule has 0 spiro atoms. The van der Waals surface area contributed by atoms with Gasteiger partial charge in [-0.1, -0.05) is 37.6 Å². The molecule has 0 fully saturated rings. The smallest absolute Gasteiger partial charge is 0.244 e. The van der Waals surface area contributed by atoms with Crippen molar-refractivity contribution in [1.29, 1.82) is 0 Å². The van der Waals surface area contributed by atoms with Crippen LogP contribution < -0.4 is 5.32 Å². The SMILES string of the molecule is CCN(CC)S(=O)(=O)c1ccc(CNC(=O)/C=C/c2c(Cl)nc3sccn23)cc1. The van der Waals surface area contributed by atoms with E-state index in [1.54, 1.807) is 44.2 Å². The summed E-state index contributed by atoms with van der Waals surface area (Å²) in [6.45, 7) is 4.73. The molecule has 3 aromatic rings. The summed E-state index contributed by atoms with van der Waals surface area (Å²) in [6, 6.07) is 6.51. The fourth-order valence-electron chi connectivity index (χ4n) is 2.82. The number of amides is 1. The number of imidazole rings is 1. The lowest BCUT2D eigenvalue weighted by molar-refractivity contribution is -0.116. The second-order valence-corrected chi connectivity index (χ2v) is 9.30. The molecular weight excluding hydrogens is 432 g/mol. The molecule has 0 aliphatic carbocycles. The molecule has 0 atom stereocenters. The highest BCUT2D eigenvalue weighted by molar-refractivity contribution is 7.89. The van der Waals surface area contributed by atoms with Crippen LogP contribution in [-0.2, 0) is 21.4 Å². The minimum atomic E-state index is -3.49. The largest absolute Gasteiger partial charge is 0.348 e. The molecule has 0 saturated heterocycles. The van der Waals surface area contributed by atoms with Crippen molar-refractivity contribution in [2.75, 3.05) is 13.1 Å². The van der Waals surface area contributed by atoms with Crippen LogP contribution in [0.5, 0.6) is 0 Å². The molecule has 1 amide bonds. The second-order valence-electron chi connectivity index (χ2n) is 6.13. The Morgan fingerprint density at radius 1 is 1.28 bits per heavy atom. The van der Waals surface area contributed by atoms with Crippen molar-refractivity contribution >= 4 is 49.9 Å². The van der Waals surface area contributed by atoms with Gasteiger partial charge in [0.2, 0.25) is 15.9 Å². The van der Waals surface area contributed by atoms with E-state index in [9.17, 15) is 13.2 Å². The number of rotatable bonds is 8. The Balaban J connectivity index is 1.62. The Morgan fingerprint density at radius 2 is 1.97 bits per heavy atom. The molecule has 29 heavy (non-hydrogen) atoms. The standard InChI is InChI=1S/C19H21ClN4O3S2/c1-3-23(4-2)29(26,27)15-7-5-14(6-8-15)13-21-17(25)10-9-16-18(20)22-19-24(16)11-12-28-19/h5-12H,3-4,13H2,1-2H3,(H,21,25)/b10-9+. The highest BCUT2D eigenvalue weighted by Crippen LogP contribution is 2.22. The fraction of sp³-hybridized carbons (Fsp3) is 0.263. The zero-order valence-corrected chi connectivity index (χ0v) is 18.4. The van der Waals surface area contributed by atoms with Gasteiger partial charge in [-0.15, -0.1) is 11.3 Å². The number of carbonyl (C=O) groups excluding carboxylic acids is 1. The summed E-state index contributed by atoms with van der Waals surface area (Å²) in [5.74, 6) is -0.286. The van der Waals surface area contributed by atoms with Crippen molar-refractivity contribution in [1.82, 2.24) is 19.0 Å². The van der Waals surface area contributed by atoms with E-state index in [1.165, 1.54) is 21.7 Å². The van der Waals surface area contributed by atoms with Gasteiger partial charge in [-0.3, -0.25) is 9.20 Å². The number of aromatic nitrogens is 2. The van der Waals surface area contributed by atoms with Gasteiger partial charge >= 0.3 is 0 Å². The number of hydrogen-bond donors (Lipinski definition) is 1. The first-order valence-electron chi connectivity index (χ1n) is 9.02. The predicted octanol–water partition coefficient (Wildman–Crippen LogP) is 3.41. The second kappa shape index (κ2) is 9.08. The average molecular weight is 453 g/mol. The van der Waals surface area contributed by atoms with E-state index in [2.05, 4.69) is 10.3 Å². The molecule has 2 aromatic heterocycles. The van der Waals surface area contributed by atoms with E-state index in [0.29, 0.717) is 23.9 Å². The van der Waals surface area contributed by atoms with Crippen molar-refractivity contribution in [3.05, 3.63) is 58.3 Å². The monoisotopic (exact) mass is 452 g/mol. The van der Waals surface area contributed by atoms with E-state index >= 15 is 0 Å². The normalized spacial score (nSPS) is 12.3. The minimum absolute atomic E-state index is 0.242. The highest BCUT2D eigenvalue weighted by Gasteiger charge is 2.21. The van der Waals surface area contributed by atoms with Gasteiger partial charge in [0, 0.05) is 37.3 Å². The Labute approximate surface area is 178 Å². The molecule has 154 valence electrons. The van der Waals surface area contributed by atoms with Crippen LogP contribution in [0.25, 0.3) is 11.0 Å². The minimum Gasteiger partial charge on any atom is -0.348 e. The topological polar surface area (TPSA) is 83.8 Å². The Hall–Kier alpha value is -2.20. The number of benzene rings is 1. The maximum Gasteiger partial charge on any atom is 0.244 e. The Morgan fingerprint density at radius 3 is 2.62 bits per heavy atom. The molecule has 1 N–H and O–H groups in total. The average Bonchev–Trinajstić information content (AvgIpc) is 3.26. The molecule has 7 nitrogen and oxygen atoms in total. The van der Waals surface area contributed by atoms with Gasteiger partial charge in [-0.2, -0.15) is 4.31 Å². The summed E-state index contributed by atoms with van der Waals surface area (Å²) >= 11 is 7.56. The lowest BCUT2D eigenvalue weighted by atomic mass is 10.2. The third-order valence-electron chi connectivity index (χ3n) is 4.38. The number of hydrogen-bond acceptors (Lipinski definition) is 5. The zero-order valence-electron chi connectivity index (χ0n) is 16.0. The molecule has 0 unspecified atom stereocenters. The molecule has 0 aliphatic rings. The van der Waals surface area contributed by atoms with Crippen molar-refractivity contribution in [2.24, 2.45) is 0 Å². The summed E-state index contributed by atoms with van der Waals surface area (Å²) in [7, 11) is -3.49. The molecule has 0 bridgehead atoms. The van der Waals surface area contributed by atoms with E-state index in [4.69, 9.17) is 11.6 Å². The summed E-state index contributed by atoms with van der Waals surface area (Å²) in [5, 5.41) is 5.00. The first kappa shape index (κ1) is 21.5. The van der Waals surface area contributed by atoms with Crippen LogP contribution in [0.1, 0.15) is 25.1 Å². The summed E-state index contributed by atoms with van der Waals surface area (Å²) in [6.07, 6.45) is 4.85. The van der Waals surface area contributed by atoms with E-state index in [1.807, 2.05) is 16.0 Å². The number of sulfonamides is 1. The van der Waals surface area contributed by atoms with Gasteiger partial charge in [-0.05, 0) is 23.8 Å². The van der Waals surface area contributed by atoms with Crippen LogP contribution in [0, 0.1) is 0 Å². The predicted molar refractivity (Wildman–Crippen MR) is 116 cm³/mol. The number of fused-ring (bicyclic) bond motifs is 1. The maximum absolute atomic E-state index is 12.5. The summed E-state index contributed by atoms with van der Waals surface area (Å²) in [4.78, 5) is 17.3. The lowest BCUT2D eigenvalue weighted by Gasteiger charge is -2.18. The van der Waals surface area contributed by atoms with Crippen LogP contribution in [0.3, 0.4) is 0 Å². The summed E-state index contributed by atoms with van der Waals surface area (Å²) < 4.78 is 28.2. The molecular formula is C19H21ClN4O3S2. The van der Waals surface area contributed by atoms with Crippen molar-refractivity contribution in [2.45, 2.75) is 25.3 Å². The summed E-state index contributed by atoms with van der Waals surface area (Å²) in [5.41, 5.74) is 1.44. The molecule has 2 heterocycles. The van der Waals surface area contributed by atoms with E-state index in [0.717, 1.165) is 10.5 Å². The number of thiazole rings is 1. The molecule has 1 aromatic carbocycles. The van der Waals surface area contributed by atoms with Crippen molar-refractivity contribution < 1.29 is 13.2 Å². The Bertz CT molecular complexity index is 1130. The number of nitrogens with one attached hydrogen (secondary N) is 1. The highest BCUT2D eigenvalue weighted by atomic mass is 35.5. The first-order chi connectivity index (χ1) is 13.9. The van der Waals surface area contributed by atoms with Crippen LogP contribution in [0.15, 0.2) is 46.8 Å². The van der Waals surface area contributed by atoms with Crippen LogP contribution in [0.2, 0.25) is 5.15 Å². The fourth-order valence-corrected chi connectivity index (χ4v) is 5.28. The van der Waals surface area contributed by atoms with Crippen LogP contribution in [0.4, 0.5) is 0 Å². The molecule has 3 rings (SSSR count). The third kappa shape index (κ3) is 4.69. The van der Waals surface area contributed by atoms with Gasteiger partial charge in [0.1, 0.15) is 0 Å². The van der Waals surface area contributed by atoms with E-state index in [-0.39, 0.29) is 17.3 Å². The van der Waals surface area contributed by atoms with Crippen LogP contribution in [-0.4, -0.2) is 41.1 Å². The van der Waals surface area contributed by atoms with Crippen molar-refractivity contribution in [3.8, 4) is 0 Å². The van der Waals surface area contributed by atoms with Gasteiger partial charge in [0.15, 0.2) is 10.1 Å². The van der Waals surface area contributed by atoms with Crippen LogP contribution >= 0.6 is 22.9 Å². The molecule has 10 heteroatoms. The molecule has 0 saturated carbocycles.